The van der Waals surface area contributed by atoms with Crippen molar-refractivity contribution in [3.8, 4) is 0 Å². The van der Waals surface area contributed by atoms with Gasteiger partial charge in [0.15, 0.2) is 6.23 Å². The molecule has 1 fully saturated rings. The largest absolute Gasteiger partial charge is 0.391 e. The van der Waals surface area contributed by atoms with Crippen molar-refractivity contribution in [3.05, 3.63) is 22.7 Å². The molecule has 11 heteroatoms. The van der Waals surface area contributed by atoms with Crippen LogP contribution in [-0.2, 0) is 18.6 Å². The van der Waals surface area contributed by atoms with E-state index in [1.807, 2.05) is 0 Å². The van der Waals surface area contributed by atoms with Crippen LogP contribution in [0.4, 0.5) is 5.82 Å². The van der Waals surface area contributed by atoms with E-state index in [2.05, 4.69) is 4.98 Å². The lowest BCUT2D eigenvalue weighted by Crippen LogP contribution is -2.40. The average Bonchev–Trinajstić information content (AvgIpc) is 2.76. The zero-order valence-corrected chi connectivity index (χ0v) is 12.9. The molecule has 6 atom stereocenters. The van der Waals surface area contributed by atoms with E-state index in [1.54, 1.807) is 0 Å². The highest BCUT2D eigenvalue weighted by Gasteiger charge is 2.49. The second-order valence-electron chi connectivity index (χ2n) is 4.82. The van der Waals surface area contributed by atoms with E-state index in [-0.39, 0.29) is 5.82 Å². The van der Waals surface area contributed by atoms with Crippen molar-refractivity contribution in [1.29, 1.82) is 0 Å². The molecule has 0 amide bonds. The predicted molar refractivity (Wildman–Crippen MR) is 75.4 cm³/mol. The smallest absolute Gasteiger partial charge is 0.351 e. The van der Waals surface area contributed by atoms with Crippen LogP contribution in [0.2, 0.25) is 0 Å². The monoisotopic (exact) mass is 335 g/mol. The Hall–Kier alpha value is -1.29. The Bertz CT molecular complexity index is 608. The van der Waals surface area contributed by atoms with Gasteiger partial charge in [0.25, 0.3) is 0 Å². The van der Waals surface area contributed by atoms with E-state index in [4.69, 9.17) is 24.6 Å². The number of anilines is 1. The minimum absolute atomic E-state index is 0.0495. The van der Waals surface area contributed by atoms with Gasteiger partial charge in [0.2, 0.25) is 0 Å². The summed E-state index contributed by atoms with van der Waals surface area (Å²) >= 11 is 0. The van der Waals surface area contributed by atoms with Gasteiger partial charge in [0, 0.05) is 13.3 Å². The van der Waals surface area contributed by atoms with Crippen LogP contribution >= 0.6 is 8.25 Å². The summed E-state index contributed by atoms with van der Waals surface area (Å²) in [6.07, 6.45) is -3.46. The Morgan fingerprint density at radius 3 is 2.73 bits per heavy atom. The lowest BCUT2D eigenvalue weighted by Gasteiger charge is -2.23. The van der Waals surface area contributed by atoms with Crippen molar-refractivity contribution in [3.63, 3.8) is 0 Å². The first-order chi connectivity index (χ1) is 10.3. The van der Waals surface area contributed by atoms with Gasteiger partial charge in [-0.05, 0) is 13.0 Å². The van der Waals surface area contributed by atoms with Crippen LogP contribution in [0.1, 0.15) is 13.2 Å². The summed E-state index contributed by atoms with van der Waals surface area (Å²) in [6.45, 7) is 1.44. The van der Waals surface area contributed by atoms with Crippen LogP contribution in [-0.4, -0.2) is 51.1 Å². The molecular formula is C11H18N3O7P. The Balaban J connectivity index is 2.39. The molecule has 0 aliphatic carbocycles. The standard InChI is InChI=1S/C11H18N3O7P/c1-5(15)7-8(21-22(17)18)9(19-2)10(20-7)14-4-3-6(12)13-11(14)16/h3-5,7-10,15,22H,1-2H3,(H,17,18)(H2,12,13,16)/t5-,7?,8?,9?,10?/m0/s1. The normalized spacial score (nSPS) is 31.1. The summed E-state index contributed by atoms with van der Waals surface area (Å²) in [5.41, 5.74) is 4.76. The van der Waals surface area contributed by atoms with Crippen molar-refractivity contribution in [2.45, 2.75) is 37.6 Å². The fourth-order valence-corrected chi connectivity index (χ4v) is 2.90. The molecule has 0 bridgehead atoms. The number of nitrogens with zero attached hydrogens (tertiary/aromatic N) is 2. The Morgan fingerprint density at radius 1 is 1.55 bits per heavy atom. The van der Waals surface area contributed by atoms with Gasteiger partial charge in [-0.2, -0.15) is 4.98 Å². The predicted octanol–water partition coefficient (Wildman–Crippen LogP) is -1.11. The lowest BCUT2D eigenvalue weighted by molar-refractivity contribution is -0.0816. The number of aliphatic hydroxyl groups is 1. The number of rotatable bonds is 5. The number of aromatic nitrogens is 2. The molecule has 5 unspecified atom stereocenters. The maximum atomic E-state index is 11.9. The fourth-order valence-electron chi connectivity index (χ4n) is 2.40. The number of methoxy groups -OCH3 is 1. The summed E-state index contributed by atoms with van der Waals surface area (Å²) in [6, 6.07) is 1.40. The van der Waals surface area contributed by atoms with Crippen molar-refractivity contribution in [2.75, 3.05) is 12.8 Å². The number of hydrogen-bond donors (Lipinski definition) is 3. The maximum Gasteiger partial charge on any atom is 0.351 e. The Labute approximate surface area is 126 Å². The van der Waals surface area contributed by atoms with Crippen molar-refractivity contribution >= 4 is 14.1 Å². The third-order valence-corrected chi connectivity index (χ3v) is 3.81. The van der Waals surface area contributed by atoms with Gasteiger partial charge in [0.1, 0.15) is 24.1 Å². The van der Waals surface area contributed by atoms with E-state index in [1.165, 1.54) is 26.3 Å². The van der Waals surface area contributed by atoms with Gasteiger partial charge in [-0.25, -0.2) is 4.79 Å². The molecule has 1 saturated heterocycles. The zero-order chi connectivity index (χ0) is 16.4. The molecule has 0 aromatic carbocycles. The summed E-state index contributed by atoms with van der Waals surface area (Å²) in [5.74, 6) is 0.0495. The van der Waals surface area contributed by atoms with Crippen LogP contribution in [0.15, 0.2) is 17.1 Å². The van der Waals surface area contributed by atoms with Gasteiger partial charge in [-0.3, -0.25) is 9.13 Å². The van der Waals surface area contributed by atoms with Gasteiger partial charge in [0.05, 0.1) is 6.10 Å². The van der Waals surface area contributed by atoms with Crippen LogP contribution in [0.25, 0.3) is 0 Å². The highest BCUT2D eigenvalue weighted by Crippen LogP contribution is 2.38. The highest BCUT2D eigenvalue weighted by molar-refractivity contribution is 7.32. The third kappa shape index (κ3) is 3.37. The van der Waals surface area contributed by atoms with E-state index in [0.717, 1.165) is 4.57 Å². The Morgan fingerprint density at radius 2 is 2.23 bits per heavy atom. The number of hydrogen-bond acceptors (Lipinski definition) is 8. The quantitative estimate of drug-likeness (QED) is 0.570. The number of aliphatic hydroxyl groups excluding tert-OH is 1. The average molecular weight is 335 g/mol. The van der Waals surface area contributed by atoms with Crippen LogP contribution in [0.3, 0.4) is 0 Å². The minimum atomic E-state index is -3.29. The molecular weight excluding hydrogens is 317 g/mol. The van der Waals surface area contributed by atoms with Gasteiger partial charge in [-0.1, -0.05) is 0 Å². The first-order valence-electron chi connectivity index (χ1n) is 6.45. The molecule has 2 heterocycles. The minimum Gasteiger partial charge on any atom is -0.391 e. The molecule has 1 aliphatic rings. The summed E-state index contributed by atoms with van der Waals surface area (Å²) in [4.78, 5) is 24.5. The number of nitrogens with two attached hydrogens (primary N) is 1. The SMILES string of the molecule is COC1C(O[PH](=O)O)C([C@H](C)O)OC1n1ccc(N)nc1=O. The summed E-state index contributed by atoms with van der Waals surface area (Å²) < 4.78 is 27.9. The van der Waals surface area contributed by atoms with E-state index in [0.29, 0.717) is 0 Å². The molecule has 4 N–H and O–H groups in total. The molecule has 0 spiro atoms. The highest BCUT2D eigenvalue weighted by atomic mass is 31.1. The van der Waals surface area contributed by atoms with E-state index < -0.39 is 44.6 Å². The zero-order valence-electron chi connectivity index (χ0n) is 11.9. The first kappa shape index (κ1) is 17.1. The van der Waals surface area contributed by atoms with Crippen LogP contribution < -0.4 is 11.4 Å². The van der Waals surface area contributed by atoms with Gasteiger partial charge in [-0.15, -0.1) is 0 Å². The lowest BCUT2D eigenvalue weighted by atomic mass is 10.1. The fraction of sp³-hybridized carbons (Fsp3) is 0.636. The molecule has 22 heavy (non-hydrogen) atoms. The number of ether oxygens (including phenoxy) is 2. The molecule has 1 aromatic rings. The molecule has 0 saturated carbocycles. The second-order valence-corrected chi connectivity index (χ2v) is 5.59. The molecule has 10 nitrogen and oxygen atoms in total. The molecule has 2 rings (SSSR count). The van der Waals surface area contributed by atoms with Gasteiger partial charge < -0.3 is 29.7 Å². The third-order valence-electron chi connectivity index (χ3n) is 3.34. The second kappa shape index (κ2) is 6.86. The van der Waals surface area contributed by atoms with Crippen molar-refractivity contribution in [1.82, 2.24) is 9.55 Å². The van der Waals surface area contributed by atoms with Crippen molar-refractivity contribution < 1.29 is 28.6 Å². The van der Waals surface area contributed by atoms with Crippen LogP contribution in [0.5, 0.6) is 0 Å². The van der Waals surface area contributed by atoms with E-state index >= 15 is 0 Å². The van der Waals surface area contributed by atoms with Gasteiger partial charge >= 0.3 is 13.9 Å². The van der Waals surface area contributed by atoms with Crippen molar-refractivity contribution in [2.24, 2.45) is 0 Å². The first-order valence-corrected chi connectivity index (χ1v) is 7.72. The maximum absolute atomic E-state index is 11.9. The number of nitrogen functional groups attached to an aromatic ring is 1. The van der Waals surface area contributed by atoms with E-state index in [9.17, 15) is 14.5 Å². The molecule has 1 aliphatic heterocycles. The topological polar surface area (TPSA) is 146 Å². The summed E-state index contributed by atoms with van der Waals surface area (Å²) in [7, 11) is -1.95. The molecule has 1 aromatic heterocycles. The molecule has 124 valence electrons. The van der Waals surface area contributed by atoms with Crippen LogP contribution in [0, 0.1) is 0 Å². The molecule has 0 radical (unpaired) electrons. The summed E-state index contributed by atoms with van der Waals surface area (Å²) in [5, 5.41) is 9.77. The Kier molecular flexibility index (Phi) is 5.32.